The molecule has 0 saturated carbocycles. The molecule has 0 aromatic heterocycles. The Bertz CT molecular complexity index is 362. The van der Waals surface area contributed by atoms with Crippen LogP contribution in [0.3, 0.4) is 0 Å². The summed E-state index contributed by atoms with van der Waals surface area (Å²) in [4.78, 5) is 2.46. The molecule has 1 N–H and O–H groups in total. The van der Waals surface area contributed by atoms with Crippen LogP contribution in [0.4, 0.5) is 5.69 Å². The molecule has 0 spiro atoms. The van der Waals surface area contributed by atoms with E-state index in [1.807, 2.05) is 0 Å². The average Bonchev–Trinajstić information content (AvgIpc) is 2.37. The molecule has 0 fully saturated rings. The molecule has 0 radical (unpaired) electrons. The molecule has 0 heterocycles. The van der Waals surface area contributed by atoms with Crippen LogP contribution in [0.1, 0.15) is 53.5 Å². The maximum Gasteiger partial charge on any atom is 0.0368 e. The summed E-state index contributed by atoms with van der Waals surface area (Å²) in [6, 6.07) is 9.56. The van der Waals surface area contributed by atoms with E-state index in [-0.39, 0.29) is 5.54 Å². The van der Waals surface area contributed by atoms with Crippen molar-refractivity contribution in [1.29, 1.82) is 0 Å². The first-order valence-electron chi connectivity index (χ1n) is 7.48. The topological polar surface area (TPSA) is 15.3 Å². The highest BCUT2D eigenvalue weighted by atomic mass is 15.1. The molecule has 1 aromatic rings. The van der Waals surface area contributed by atoms with Gasteiger partial charge in [-0.25, -0.2) is 0 Å². The summed E-state index contributed by atoms with van der Waals surface area (Å²) >= 11 is 0. The summed E-state index contributed by atoms with van der Waals surface area (Å²) in [5.41, 5.74) is 2.85. The summed E-state index contributed by atoms with van der Waals surface area (Å²) in [7, 11) is 0. The third-order valence-corrected chi connectivity index (χ3v) is 3.55. The standard InChI is InChI=1S/C17H30N2/c1-7-14(3)19(8-2)16-11-9-15(10-12-16)13-18-17(4,5)6/h9-12,14,18H,7-8,13H2,1-6H3. The number of anilines is 1. The first kappa shape index (κ1) is 16.0. The van der Waals surface area contributed by atoms with Crippen LogP contribution in [-0.4, -0.2) is 18.1 Å². The maximum atomic E-state index is 3.52. The molecule has 108 valence electrons. The van der Waals surface area contributed by atoms with E-state index in [1.165, 1.54) is 17.7 Å². The Labute approximate surface area is 119 Å². The lowest BCUT2D eigenvalue weighted by Crippen LogP contribution is -2.35. The second-order valence-electron chi connectivity index (χ2n) is 6.31. The smallest absolute Gasteiger partial charge is 0.0368 e. The zero-order chi connectivity index (χ0) is 14.5. The average molecular weight is 262 g/mol. The SMILES string of the molecule is CCC(C)N(CC)c1ccc(CNC(C)(C)C)cc1. The predicted molar refractivity (Wildman–Crippen MR) is 85.8 cm³/mol. The number of benzene rings is 1. The normalized spacial score (nSPS) is 13.4. The Morgan fingerprint density at radius 1 is 1.11 bits per heavy atom. The molecule has 19 heavy (non-hydrogen) atoms. The molecule has 0 aliphatic rings. The van der Waals surface area contributed by atoms with Crippen molar-refractivity contribution in [2.75, 3.05) is 11.4 Å². The molecule has 1 atom stereocenters. The molecule has 0 aliphatic carbocycles. The van der Waals surface area contributed by atoms with Gasteiger partial charge in [-0.05, 0) is 58.7 Å². The molecule has 1 unspecified atom stereocenters. The van der Waals surface area contributed by atoms with Crippen molar-refractivity contribution in [1.82, 2.24) is 5.32 Å². The number of hydrogen-bond donors (Lipinski definition) is 1. The Kier molecular flexibility index (Phi) is 5.86. The zero-order valence-electron chi connectivity index (χ0n) is 13.5. The second-order valence-corrected chi connectivity index (χ2v) is 6.31. The molecule has 1 rings (SSSR count). The molecule has 0 saturated heterocycles. The van der Waals surface area contributed by atoms with Crippen molar-refractivity contribution >= 4 is 5.69 Å². The third kappa shape index (κ3) is 5.23. The predicted octanol–water partition coefficient (Wildman–Crippen LogP) is 4.20. The quantitative estimate of drug-likeness (QED) is 0.826. The highest BCUT2D eigenvalue weighted by Gasteiger charge is 2.11. The van der Waals surface area contributed by atoms with Crippen molar-refractivity contribution in [3.05, 3.63) is 29.8 Å². The Hall–Kier alpha value is -1.02. The zero-order valence-corrected chi connectivity index (χ0v) is 13.5. The summed E-state index contributed by atoms with van der Waals surface area (Å²) in [5.74, 6) is 0. The highest BCUT2D eigenvalue weighted by Crippen LogP contribution is 2.19. The monoisotopic (exact) mass is 262 g/mol. The summed E-state index contributed by atoms with van der Waals surface area (Å²) < 4.78 is 0. The van der Waals surface area contributed by atoms with Gasteiger partial charge in [0.1, 0.15) is 0 Å². The van der Waals surface area contributed by atoms with E-state index in [2.05, 4.69) is 76.0 Å². The largest absolute Gasteiger partial charge is 0.369 e. The van der Waals surface area contributed by atoms with Crippen molar-refractivity contribution in [3.8, 4) is 0 Å². The van der Waals surface area contributed by atoms with E-state index < -0.39 is 0 Å². The van der Waals surface area contributed by atoms with Crippen molar-refractivity contribution in [2.45, 2.75) is 66.1 Å². The van der Waals surface area contributed by atoms with Crippen LogP contribution in [0.25, 0.3) is 0 Å². The van der Waals surface area contributed by atoms with Gasteiger partial charge in [-0.2, -0.15) is 0 Å². The molecule has 1 aromatic carbocycles. The van der Waals surface area contributed by atoms with Gasteiger partial charge in [0.15, 0.2) is 0 Å². The summed E-state index contributed by atoms with van der Waals surface area (Å²) in [5, 5.41) is 3.52. The number of rotatable bonds is 6. The molecular weight excluding hydrogens is 232 g/mol. The fourth-order valence-corrected chi connectivity index (χ4v) is 2.14. The fraction of sp³-hybridized carbons (Fsp3) is 0.647. The van der Waals surface area contributed by atoms with Crippen LogP contribution in [-0.2, 0) is 6.54 Å². The molecule has 0 aliphatic heterocycles. The lowest BCUT2D eigenvalue weighted by atomic mass is 10.1. The third-order valence-electron chi connectivity index (χ3n) is 3.55. The fourth-order valence-electron chi connectivity index (χ4n) is 2.14. The van der Waals surface area contributed by atoms with Gasteiger partial charge in [-0.3, -0.25) is 0 Å². The Morgan fingerprint density at radius 3 is 2.11 bits per heavy atom. The van der Waals surface area contributed by atoms with Crippen molar-refractivity contribution in [2.24, 2.45) is 0 Å². The highest BCUT2D eigenvalue weighted by molar-refractivity contribution is 5.48. The molecule has 0 amide bonds. The first-order valence-corrected chi connectivity index (χ1v) is 7.48. The van der Waals surface area contributed by atoms with E-state index in [0.29, 0.717) is 6.04 Å². The van der Waals surface area contributed by atoms with Crippen molar-refractivity contribution in [3.63, 3.8) is 0 Å². The van der Waals surface area contributed by atoms with E-state index in [1.54, 1.807) is 0 Å². The van der Waals surface area contributed by atoms with Crippen molar-refractivity contribution < 1.29 is 0 Å². The number of nitrogens with zero attached hydrogens (tertiary/aromatic N) is 1. The van der Waals surface area contributed by atoms with Crippen LogP contribution >= 0.6 is 0 Å². The van der Waals surface area contributed by atoms with Gasteiger partial charge in [-0.15, -0.1) is 0 Å². The van der Waals surface area contributed by atoms with Crippen LogP contribution in [0.15, 0.2) is 24.3 Å². The molecule has 0 bridgehead atoms. The number of nitrogens with one attached hydrogen (secondary N) is 1. The van der Waals surface area contributed by atoms with Crippen LogP contribution in [0.2, 0.25) is 0 Å². The van der Waals surface area contributed by atoms with Gasteiger partial charge >= 0.3 is 0 Å². The minimum absolute atomic E-state index is 0.171. The molecule has 2 heteroatoms. The van der Waals surface area contributed by atoms with E-state index >= 15 is 0 Å². The molecule has 2 nitrogen and oxygen atoms in total. The van der Waals surface area contributed by atoms with E-state index in [9.17, 15) is 0 Å². The first-order chi connectivity index (χ1) is 8.87. The van der Waals surface area contributed by atoms with Crippen LogP contribution in [0, 0.1) is 0 Å². The van der Waals surface area contributed by atoms with Gasteiger partial charge in [0.2, 0.25) is 0 Å². The Balaban J connectivity index is 2.70. The second kappa shape index (κ2) is 6.95. The van der Waals surface area contributed by atoms with Crippen LogP contribution < -0.4 is 10.2 Å². The van der Waals surface area contributed by atoms with E-state index in [0.717, 1.165) is 13.1 Å². The lowest BCUT2D eigenvalue weighted by Gasteiger charge is -2.29. The van der Waals surface area contributed by atoms with Gasteiger partial charge in [0.25, 0.3) is 0 Å². The van der Waals surface area contributed by atoms with Gasteiger partial charge in [0, 0.05) is 30.4 Å². The minimum Gasteiger partial charge on any atom is -0.369 e. The minimum atomic E-state index is 0.171. The summed E-state index contributed by atoms with van der Waals surface area (Å²) in [6.07, 6.45) is 1.18. The summed E-state index contributed by atoms with van der Waals surface area (Å²) in [6.45, 7) is 15.3. The molecular formula is C17H30N2. The van der Waals surface area contributed by atoms with Gasteiger partial charge in [-0.1, -0.05) is 19.1 Å². The maximum absolute atomic E-state index is 3.52. The number of hydrogen-bond acceptors (Lipinski definition) is 2. The Morgan fingerprint density at radius 2 is 1.68 bits per heavy atom. The van der Waals surface area contributed by atoms with E-state index in [4.69, 9.17) is 0 Å². The lowest BCUT2D eigenvalue weighted by molar-refractivity contribution is 0.424. The van der Waals surface area contributed by atoms with Crippen LogP contribution in [0.5, 0.6) is 0 Å². The van der Waals surface area contributed by atoms with Gasteiger partial charge in [0.05, 0.1) is 0 Å². The van der Waals surface area contributed by atoms with Gasteiger partial charge < -0.3 is 10.2 Å².